The van der Waals surface area contributed by atoms with Crippen molar-refractivity contribution in [2.45, 2.75) is 99.5 Å². The molecule has 4 nitrogen and oxygen atoms in total. The summed E-state index contributed by atoms with van der Waals surface area (Å²) < 4.78 is 0. The summed E-state index contributed by atoms with van der Waals surface area (Å²) in [6.07, 6.45) is 8.97. The molecule has 0 aromatic rings. The van der Waals surface area contributed by atoms with Gasteiger partial charge in [-0.1, -0.05) is 72.8 Å². The number of hydrogen-bond acceptors (Lipinski definition) is 3. The molecular formula is C31H46O4. The lowest BCUT2D eigenvalue weighted by Crippen LogP contribution is -2.53. The van der Waals surface area contributed by atoms with E-state index in [9.17, 15) is 19.8 Å². The minimum absolute atomic E-state index is 0.0594. The van der Waals surface area contributed by atoms with Gasteiger partial charge in [-0.2, -0.15) is 0 Å². The number of fused-ring (bicyclic) bond motifs is 5. The summed E-state index contributed by atoms with van der Waals surface area (Å²) in [6.45, 7) is 19.4. The maximum absolute atomic E-state index is 12.8. The van der Waals surface area contributed by atoms with E-state index >= 15 is 0 Å². The predicted molar refractivity (Wildman–Crippen MR) is 140 cm³/mol. The minimum atomic E-state index is -0.803. The van der Waals surface area contributed by atoms with Crippen molar-refractivity contribution in [3.8, 4) is 0 Å². The number of ketones is 1. The van der Waals surface area contributed by atoms with Gasteiger partial charge in [-0.3, -0.25) is 9.59 Å². The molecule has 2 saturated carbocycles. The zero-order chi connectivity index (χ0) is 26.1. The standard InChI is InChI=1S/C31H46O4/c1-18(2)19(3)9-10-20(27(34)35)26-23(32)17-31(8)22-11-12-24-28(4,5)25(33)14-15-29(24,6)21(22)13-16-30(26,31)7/h11,13,18,20,23-24,26,32H,3,9-10,12,14-17H2,1-2,4-8H3,(H,34,35)/t20-,23+,24+,26+,29-,30-,31+/m1/s1. The molecular weight excluding hydrogens is 436 g/mol. The fraction of sp³-hybridized carbons (Fsp3) is 0.742. The van der Waals surface area contributed by atoms with E-state index in [-0.39, 0.29) is 33.5 Å². The van der Waals surface area contributed by atoms with E-state index in [0.29, 0.717) is 37.4 Å². The number of aliphatic hydroxyl groups is 1. The number of rotatable bonds is 6. The van der Waals surface area contributed by atoms with Crippen LogP contribution >= 0.6 is 0 Å². The van der Waals surface area contributed by atoms with Gasteiger partial charge in [0.25, 0.3) is 0 Å². The first-order valence-electron chi connectivity index (χ1n) is 13.6. The average Bonchev–Trinajstić information content (AvgIpc) is 2.97. The highest BCUT2D eigenvalue weighted by Gasteiger charge is 2.66. The first kappa shape index (κ1) is 26.4. The van der Waals surface area contributed by atoms with E-state index in [2.05, 4.69) is 67.2 Å². The predicted octanol–water partition coefficient (Wildman–Crippen LogP) is 6.74. The van der Waals surface area contributed by atoms with Gasteiger partial charge in [-0.25, -0.2) is 0 Å². The van der Waals surface area contributed by atoms with Gasteiger partial charge in [0.15, 0.2) is 0 Å². The molecule has 0 bridgehead atoms. The van der Waals surface area contributed by atoms with Crippen LogP contribution in [0.1, 0.15) is 93.4 Å². The van der Waals surface area contributed by atoms with E-state index in [0.717, 1.165) is 24.8 Å². The normalized spacial score (nSPS) is 40.8. The fourth-order valence-corrected chi connectivity index (χ4v) is 8.72. The molecule has 2 N–H and O–H groups in total. The highest BCUT2D eigenvalue weighted by atomic mass is 16.4. The van der Waals surface area contributed by atoms with E-state index < -0.39 is 18.0 Å². The second-order valence-corrected chi connectivity index (χ2v) is 13.6. The third kappa shape index (κ3) is 3.64. The molecule has 35 heavy (non-hydrogen) atoms. The Morgan fingerprint density at radius 3 is 2.40 bits per heavy atom. The van der Waals surface area contributed by atoms with Gasteiger partial charge >= 0.3 is 5.97 Å². The summed E-state index contributed by atoms with van der Waals surface area (Å²) in [5.41, 5.74) is 2.72. The van der Waals surface area contributed by atoms with Gasteiger partial charge in [0, 0.05) is 23.2 Å². The van der Waals surface area contributed by atoms with Gasteiger partial charge in [0.1, 0.15) is 5.78 Å². The Bertz CT molecular complexity index is 999. The largest absolute Gasteiger partial charge is 0.481 e. The van der Waals surface area contributed by atoms with Gasteiger partial charge in [-0.05, 0) is 72.3 Å². The van der Waals surface area contributed by atoms with Crippen LogP contribution in [-0.4, -0.2) is 28.1 Å². The first-order chi connectivity index (χ1) is 16.1. The number of aliphatic carboxylic acids is 1. The Morgan fingerprint density at radius 1 is 1.14 bits per heavy atom. The van der Waals surface area contributed by atoms with Gasteiger partial charge in [0.2, 0.25) is 0 Å². The van der Waals surface area contributed by atoms with Crippen LogP contribution in [0.5, 0.6) is 0 Å². The third-order valence-corrected chi connectivity index (χ3v) is 11.4. The maximum Gasteiger partial charge on any atom is 0.306 e. The zero-order valence-corrected chi connectivity index (χ0v) is 22.9. The third-order valence-electron chi connectivity index (χ3n) is 11.4. The molecule has 0 spiro atoms. The number of carbonyl (C=O) groups is 2. The summed E-state index contributed by atoms with van der Waals surface area (Å²) in [6, 6.07) is 0. The van der Waals surface area contributed by atoms with Crippen molar-refractivity contribution in [2.75, 3.05) is 0 Å². The number of carboxylic acids is 1. The molecule has 0 amide bonds. The fourth-order valence-electron chi connectivity index (χ4n) is 8.72. The average molecular weight is 483 g/mol. The molecule has 0 heterocycles. The summed E-state index contributed by atoms with van der Waals surface area (Å²) in [4.78, 5) is 25.4. The second kappa shape index (κ2) is 8.43. The number of hydrogen-bond donors (Lipinski definition) is 2. The molecule has 4 aliphatic carbocycles. The van der Waals surface area contributed by atoms with Crippen molar-refractivity contribution in [3.05, 3.63) is 35.5 Å². The van der Waals surface area contributed by atoms with Gasteiger partial charge in [-0.15, -0.1) is 0 Å². The lowest BCUT2D eigenvalue weighted by molar-refractivity contribution is -0.148. The molecule has 194 valence electrons. The minimum Gasteiger partial charge on any atom is -0.481 e. The lowest BCUT2D eigenvalue weighted by atomic mass is 9.44. The number of carbonyl (C=O) groups excluding carboxylic acids is 1. The van der Waals surface area contributed by atoms with Crippen LogP contribution < -0.4 is 0 Å². The topological polar surface area (TPSA) is 74.6 Å². The lowest BCUT2D eigenvalue weighted by Gasteiger charge is -2.59. The summed E-state index contributed by atoms with van der Waals surface area (Å²) in [5.74, 6) is -0.739. The van der Waals surface area contributed by atoms with Crippen molar-refractivity contribution < 1.29 is 19.8 Å². The van der Waals surface area contributed by atoms with E-state index in [1.54, 1.807) is 0 Å². The highest BCUT2D eigenvalue weighted by Crippen LogP contribution is 2.71. The molecule has 0 radical (unpaired) electrons. The van der Waals surface area contributed by atoms with E-state index in [4.69, 9.17) is 0 Å². The van der Waals surface area contributed by atoms with Crippen molar-refractivity contribution >= 4 is 11.8 Å². The summed E-state index contributed by atoms with van der Waals surface area (Å²) in [7, 11) is 0. The Morgan fingerprint density at radius 2 is 1.80 bits per heavy atom. The summed E-state index contributed by atoms with van der Waals surface area (Å²) >= 11 is 0. The van der Waals surface area contributed by atoms with Gasteiger partial charge in [0.05, 0.1) is 12.0 Å². The molecule has 4 aliphatic rings. The maximum atomic E-state index is 12.8. The number of aliphatic hydroxyl groups excluding tert-OH is 1. The van der Waals surface area contributed by atoms with E-state index in [1.807, 2.05) is 0 Å². The Balaban J connectivity index is 1.73. The van der Waals surface area contributed by atoms with Crippen LogP contribution in [0.3, 0.4) is 0 Å². The van der Waals surface area contributed by atoms with Gasteiger partial charge < -0.3 is 10.2 Å². The molecule has 0 aromatic heterocycles. The van der Waals surface area contributed by atoms with Crippen molar-refractivity contribution in [2.24, 2.45) is 45.3 Å². The molecule has 0 aromatic carbocycles. The van der Waals surface area contributed by atoms with E-state index in [1.165, 1.54) is 11.1 Å². The molecule has 2 fully saturated rings. The van der Waals surface area contributed by atoms with Crippen LogP contribution in [0.15, 0.2) is 35.5 Å². The monoisotopic (exact) mass is 482 g/mol. The molecule has 4 heteroatoms. The van der Waals surface area contributed by atoms with Crippen LogP contribution in [-0.2, 0) is 9.59 Å². The number of allylic oxidation sites excluding steroid dienone is 5. The Hall–Kier alpha value is -1.68. The second-order valence-electron chi connectivity index (χ2n) is 13.6. The van der Waals surface area contributed by atoms with Crippen molar-refractivity contribution in [1.29, 1.82) is 0 Å². The SMILES string of the molecule is C=C(CC[C@@H](C(=O)O)[C@H]1[C@@H](O)C[C@@]2(C)C3=CC[C@H]4C(C)(C)C(=O)CC[C@]4(C)C3=CC[C@]12C)C(C)C. The molecule has 0 saturated heterocycles. The highest BCUT2D eigenvalue weighted by molar-refractivity contribution is 5.86. The zero-order valence-electron chi connectivity index (χ0n) is 22.9. The van der Waals surface area contributed by atoms with Crippen LogP contribution in [0.2, 0.25) is 0 Å². The molecule has 0 unspecified atom stereocenters. The van der Waals surface area contributed by atoms with Crippen molar-refractivity contribution in [1.82, 2.24) is 0 Å². The molecule has 0 aliphatic heterocycles. The summed E-state index contributed by atoms with van der Waals surface area (Å²) in [5, 5.41) is 21.8. The first-order valence-corrected chi connectivity index (χ1v) is 13.6. The molecule has 4 rings (SSSR count). The number of Topliss-reactive ketones (excluding diaryl/α,β-unsaturated/α-hetero) is 1. The van der Waals surface area contributed by atoms with Crippen LogP contribution in [0.25, 0.3) is 0 Å². The Labute approximate surface area is 212 Å². The van der Waals surface area contributed by atoms with Crippen LogP contribution in [0.4, 0.5) is 0 Å². The van der Waals surface area contributed by atoms with Crippen LogP contribution in [0, 0.1) is 45.3 Å². The number of carboxylic acid groups (broad SMARTS) is 1. The Kier molecular flexibility index (Phi) is 6.36. The molecule has 7 atom stereocenters. The quantitative estimate of drug-likeness (QED) is 0.411. The smallest absolute Gasteiger partial charge is 0.306 e. The van der Waals surface area contributed by atoms with Crippen molar-refractivity contribution in [3.63, 3.8) is 0 Å².